The van der Waals surface area contributed by atoms with Gasteiger partial charge < -0.3 is 9.84 Å². The van der Waals surface area contributed by atoms with Gasteiger partial charge in [0.15, 0.2) is 6.04 Å². The van der Waals surface area contributed by atoms with E-state index in [0.717, 1.165) is 6.08 Å². The van der Waals surface area contributed by atoms with Crippen LogP contribution in [0.3, 0.4) is 0 Å². The number of ether oxygens (including phenoxy) is 1. The molecule has 0 saturated heterocycles. The number of isocyanates is 1. The van der Waals surface area contributed by atoms with Crippen LogP contribution < -0.4 is 0 Å². The van der Waals surface area contributed by atoms with E-state index in [1.807, 2.05) is 0 Å². The van der Waals surface area contributed by atoms with Crippen molar-refractivity contribution in [2.75, 3.05) is 6.61 Å². The van der Waals surface area contributed by atoms with Gasteiger partial charge in [0, 0.05) is 0 Å². The number of hydrogen-bond donors (Lipinski definition) is 1. The number of aliphatic carboxylic acids is 1. The summed E-state index contributed by atoms with van der Waals surface area (Å²) < 4.78 is 4.48. The summed E-state index contributed by atoms with van der Waals surface area (Å²) in [6, 6.07) is -1.28. The SMILES string of the molecule is CCOC(=O)[C@H](CC(=O)O)N=C=O. The Balaban J connectivity index is 4.31. The average Bonchev–Trinajstić information content (AvgIpc) is 2.03. The molecule has 0 aliphatic rings. The zero-order valence-electron chi connectivity index (χ0n) is 7.02. The Morgan fingerprint density at radius 1 is 1.62 bits per heavy atom. The predicted molar refractivity (Wildman–Crippen MR) is 40.8 cm³/mol. The quantitative estimate of drug-likeness (QED) is 0.363. The Morgan fingerprint density at radius 3 is 2.62 bits per heavy atom. The summed E-state index contributed by atoms with van der Waals surface area (Å²) in [6.45, 7) is 1.68. The van der Waals surface area contributed by atoms with Crippen LogP contribution in [0.2, 0.25) is 0 Å². The van der Waals surface area contributed by atoms with Crippen LogP contribution in [0.5, 0.6) is 0 Å². The van der Waals surface area contributed by atoms with Gasteiger partial charge in [-0.15, -0.1) is 0 Å². The van der Waals surface area contributed by atoms with Crippen LogP contribution in [-0.2, 0) is 19.1 Å². The van der Waals surface area contributed by atoms with Crippen molar-refractivity contribution in [1.82, 2.24) is 0 Å². The lowest BCUT2D eigenvalue weighted by atomic mass is 10.2. The lowest BCUT2D eigenvalue weighted by Crippen LogP contribution is -2.24. The number of esters is 1. The number of aliphatic imine (C=N–C) groups is 1. The number of hydrogen-bond acceptors (Lipinski definition) is 5. The van der Waals surface area contributed by atoms with E-state index in [1.165, 1.54) is 0 Å². The van der Waals surface area contributed by atoms with Crippen LogP contribution in [0.1, 0.15) is 13.3 Å². The van der Waals surface area contributed by atoms with Crippen molar-refractivity contribution in [3.05, 3.63) is 0 Å². The van der Waals surface area contributed by atoms with Gasteiger partial charge in [-0.05, 0) is 6.92 Å². The van der Waals surface area contributed by atoms with E-state index >= 15 is 0 Å². The Hall–Kier alpha value is -1.68. The van der Waals surface area contributed by atoms with E-state index in [1.54, 1.807) is 6.92 Å². The summed E-state index contributed by atoms with van der Waals surface area (Å²) in [6.07, 6.45) is 0.562. The van der Waals surface area contributed by atoms with Crippen LogP contribution >= 0.6 is 0 Å². The number of rotatable bonds is 5. The van der Waals surface area contributed by atoms with Gasteiger partial charge in [-0.25, -0.2) is 9.59 Å². The largest absolute Gasteiger partial charge is 0.481 e. The number of nitrogens with zero attached hydrogens (tertiary/aromatic N) is 1. The molecule has 0 heterocycles. The maximum Gasteiger partial charge on any atom is 0.332 e. The molecule has 0 saturated carbocycles. The van der Waals surface area contributed by atoms with Gasteiger partial charge in [0.05, 0.1) is 13.0 Å². The molecule has 0 bridgehead atoms. The van der Waals surface area contributed by atoms with Crippen molar-refractivity contribution >= 4 is 18.0 Å². The molecule has 13 heavy (non-hydrogen) atoms. The van der Waals surface area contributed by atoms with Crippen molar-refractivity contribution in [3.8, 4) is 0 Å². The Morgan fingerprint density at radius 2 is 2.23 bits per heavy atom. The minimum atomic E-state index is -1.28. The third kappa shape index (κ3) is 4.71. The zero-order chi connectivity index (χ0) is 10.3. The van der Waals surface area contributed by atoms with E-state index in [-0.39, 0.29) is 6.61 Å². The first-order valence-electron chi connectivity index (χ1n) is 3.57. The number of carbonyl (C=O) groups is 2. The van der Waals surface area contributed by atoms with Crippen LogP contribution in [-0.4, -0.2) is 35.8 Å². The molecule has 6 heteroatoms. The minimum Gasteiger partial charge on any atom is -0.481 e. The topological polar surface area (TPSA) is 93.0 Å². The Kier molecular flexibility index (Phi) is 5.14. The summed E-state index contributed by atoms with van der Waals surface area (Å²) in [7, 11) is 0. The summed E-state index contributed by atoms with van der Waals surface area (Å²) in [4.78, 5) is 33.9. The maximum absolute atomic E-state index is 10.9. The van der Waals surface area contributed by atoms with Gasteiger partial charge >= 0.3 is 11.9 Å². The molecule has 1 atom stereocenters. The molecule has 0 aromatic heterocycles. The van der Waals surface area contributed by atoms with Gasteiger partial charge in [-0.1, -0.05) is 0 Å². The summed E-state index contributed by atoms with van der Waals surface area (Å²) in [5.74, 6) is -2.05. The van der Waals surface area contributed by atoms with E-state index in [2.05, 4.69) is 9.73 Å². The molecule has 0 unspecified atom stereocenters. The van der Waals surface area contributed by atoms with Gasteiger partial charge in [0.25, 0.3) is 0 Å². The fourth-order valence-electron chi connectivity index (χ4n) is 0.649. The molecular weight excluding hydrogens is 178 g/mol. The molecule has 72 valence electrons. The zero-order valence-corrected chi connectivity index (χ0v) is 7.02. The van der Waals surface area contributed by atoms with Crippen LogP contribution in [0.15, 0.2) is 4.99 Å². The summed E-state index contributed by atoms with van der Waals surface area (Å²) in [5.41, 5.74) is 0. The third-order valence-electron chi connectivity index (χ3n) is 1.14. The van der Waals surface area contributed by atoms with Gasteiger partial charge in [0.1, 0.15) is 0 Å². The van der Waals surface area contributed by atoms with Crippen molar-refractivity contribution < 1.29 is 24.2 Å². The monoisotopic (exact) mass is 187 g/mol. The van der Waals surface area contributed by atoms with Crippen molar-refractivity contribution in [1.29, 1.82) is 0 Å². The smallest absolute Gasteiger partial charge is 0.332 e. The minimum absolute atomic E-state index is 0.114. The standard InChI is InChI=1S/C7H9NO5/c1-2-13-7(12)5(8-4-9)3-6(10)11/h5H,2-3H2,1H3,(H,10,11)/t5-/m0/s1. The second-order valence-corrected chi connectivity index (χ2v) is 2.09. The van der Waals surface area contributed by atoms with Crippen LogP contribution in [0.25, 0.3) is 0 Å². The van der Waals surface area contributed by atoms with E-state index < -0.39 is 24.4 Å². The van der Waals surface area contributed by atoms with Crippen LogP contribution in [0, 0.1) is 0 Å². The maximum atomic E-state index is 10.9. The van der Waals surface area contributed by atoms with E-state index in [4.69, 9.17) is 5.11 Å². The lowest BCUT2D eigenvalue weighted by molar-refractivity contribution is -0.148. The molecule has 1 N–H and O–H groups in total. The molecule has 0 rings (SSSR count). The van der Waals surface area contributed by atoms with Gasteiger partial charge in [-0.2, -0.15) is 4.99 Å². The highest BCUT2D eigenvalue weighted by molar-refractivity contribution is 5.82. The normalized spacial score (nSPS) is 11.2. The highest BCUT2D eigenvalue weighted by atomic mass is 16.5. The highest BCUT2D eigenvalue weighted by Gasteiger charge is 2.21. The summed E-state index contributed by atoms with van der Waals surface area (Å²) in [5, 5.41) is 8.33. The molecule has 0 fully saturated rings. The lowest BCUT2D eigenvalue weighted by Gasteiger charge is -2.05. The first kappa shape index (κ1) is 11.3. The number of carboxylic acid groups (broad SMARTS) is 1. The Labute approximate surface area is 74.2 Å². The molecule has 0 aliphatic carbocycles. The second kappa shape index (κ2) is 5.91. The fourth-order valence-corrected chi connectivity index (χ4v) is 0.649. The molecule has 0 radical (unpaired) electrons. The molecule has 6 nitrogen and oxygen atoms in total. The van der Waals surface area contributed by atoms with E-state index in [0.29, 0.717) is 0 Å². The first-order chi connectivity index (χ1) is 6.11. The Bertz CT molecular complexity index is 243. The van der Waals surface area contributed by atoms with Gasteiger partial charge in [0.2, 0.25) is 6.08 Å². The van der Waals surface area contributed by atoms with Gasteiger partial charge in [-0.3, -0.25) is 4.79 Å². The first-order valence-corrected chi connectivity index (χ1v) is 3.57. The molecule has 0 amide bonds. The van der Waals surface area contributed by atoms with Crippen molar-refractivity contribution in [2.45, 2.75) is 19.4 Å². The molecule has 0 aromatic carbocycles. The highest BCUT2D eigenvalue weighted by Crippen LogP contribution is 2.00. The van der Waals surface area contributed by atoms with E-state index in [9.17, 15) is 14.4 Å². The number of carbonyl (C=O) groups excluding carboxylic acids is 2. The molecule has 0 spiro atoms. The third-order valence-corrected chi connectivity index (χ3v) is 1.14. The molecular formula is C7H9NO5. The van der Waals surface area contributed by atoms with Crippen molar-refractivity contribution in [2.24, 2.45) is 4.99 Å². The number of carboxylic acids is 1. The van der Waals surface area contributed by atoms with Crippen molar-refractivity contribution in [3.63, 3.8) is 0 Å². The predicted octanol–water partition coefficient (Wildman–Crippen LogP) is -0.271. The molecule has 0 aromatic rings. The van der Waals surface area contributed by atoms with Crippen LogP contribution in [0.4, 0.5) is 0 Å². The summed E-state index contributed by atoms with van der Waals surface area (Å²) >= 11 is 0. The fraction of sp³-hybridized carbons (Fsp3) is 0.571. The average molecular weight is 187 g/mol. The molecule has 0 aliphatic heterocycles. The second-order valence-electron chi connectivity index (χ2n) is 2.09.